The molecule has 5 nitrogen and oxygen atoms in total. The zero-order chi connectivity index (χ0) is 35.9. The van der Waals surface area contributed by atoms with Gasteiger partial charge in [0.15, 0.2) is 24.6 Å². The molecule has 0 N–H and O–H groups in total. The Bertz CT molecular complexity index is 2640. The third-order valence-electron chi connectivity index (χ3n) is 9.88. The molecular weight excluding hydrogens is 670 g/mol. The average Bonchev–Trinajstić information content (AvgIpc) is 3.22. The maximum Gasteiger partial charge on any atom is 0.178 e. The Balaban J connectivity index is 1.07. The third-order valence-corrected chi connectivity index (χ3v) is 13.0. The summed E-state index contributed by atoms with van der Waals surface area (Å²) in [5.41, 5.74) is 9.40. The van der Waals surface area contributed by atoms with Gasteiger partial charge >= 0.3 is 0 Å². The van der Waals surface area contributed by atoms with Gasteiger partial charge in [0, 0.05) is 22.0 Å². The van der Waals surface area contributed by atoms with E-state index in [0.29, 0.717) is 29.0 Å². The minimum absolute atomic E-state index is 0.631. The van der Waals surface area contributed by atoms with Crippen LogP contribution in [-0.4, -0.2) is 15.0 Å². The van der Waals surface area contributed by atoms with Crippen LogP contribution < -0.4 is 20.7 Å². The number of hydrogen-bond acceptors (Lipinski definition) is 5. The summed E-state index contributed by atoms with van der Waals surface area (Å²) in [4.78, 5) is 14.7. The molecule has 0 fully saturated rings. The highest BCUT2D eigenvalue weighted by molar-refractivity contribution is 7.85. The normalized spacial score (nSPS) is 14.5. The summed E-state index contributed by atoms with van der Waals surface area (Å²) in [7, 11) is -3.18. The summed E-state index contributed by atoms with van der Waals surface area (Å²) < 4.78 is 21.5. The Morgan fingerprint density at radius 3 is 1.47 bits per heavy atom. The van der Waals surface area contributed by atoms with E-state index >= 15 is 4.57 Å². The lowest BCUT2D eigenvalue weighted by atomic mass is 9.92. The molecule has 0 saturated carbocycles. The van der Waals surface area contributed by atoms with Crippen LogP contribution >= 0.6 is 7.14 Å². The molecule has 0 spiro atoms. The van der Waals surface area contributed by atoms with Crippen molar-refractivity contribution in [3.8, 4) is 67.9 Å². The van der Waals surface area contributed by atoms with Crippen molar-refractivity contribution in [1.29, 1.82) is 0 Å². The highest BCUT2D eigenvalue weighted by atomic mass is 31.2. The van der Waals surface area contributed by atoms with E-state index in [1.165, 1.54) is 0 Å². The molecule has 6 heteroatoms. The van der Waals surface area contributed by atoms with Crippen molar-refractivity contribution >= 4 is 23.1 Å². The molecule has 1 unspecified atom stereocenters. The zero-order valence-electron chi connectivity index (χ0n) is 29.3. The second kappa shape index (κ2) is 13.3. The van der Waals surface area contributed by atoms with Crippen LogP contribution in [0.2, 0.25) is 0 Å². The van der Waals surface area contributed by atoms with E-state index < -0.39 is 7.14 Å². The van der Waals surface area contributed by atoms with Crippen molar-refractivity contribution < 1.29 is 9.30 Å². The van der Waals surface area contributed by atoms with Gasteiger partial charge < -0.3 is 9.30 Å². The van der Waals surface area contributed by atoms with Crippen molar-refractivity contribution in [3.05, 3.63) is 181 Å². The van der Waals surface area contributed by atoms with E-state index in [0.717, 1.165) is 66.0 Å². The second-order valence-corrected chi connectivity index (χ2v) is 16.0. The second-order valence-electron chi connectivity index (χ2n) is 13.3. The van der Waals surface area contributed by atoms with Crippen molar-refractivity contribution in [1.82, 2.24) is 15.0 Å². The van der Waals surface area contributed by atoms with E-state index in [2.05, 4.69) is 62.4 Å². The average molecular weight is 704 g/mol. The fourth-order valence-electron chi connectivity index (χ4n) is 7.19. The lowest BCUT2D eigenvalue weighted by Crippen LogP contribution is -2.30. The van der Waals surface area contributed by atoms with Crippen molar-refractivity contribution in [2.45, 2.75) is 13.8 Å². The molecule has 1 aromatic heterocycles. The van der Waals surface area contributed by atoms with Crippen molar-refractivity contribution in [2.75, 3.05) is 0 Å². The highest BCUT2D eigenvalue weighted by Crippen LogP contribution is 2.52. The molecule has 0 amide bonds. The van der Waals surface area contributed by atoms with Crippen LogP contribution in [0.1, 0.15) is 11.1 Å². The molecule has 7 aromatic carbocycles. The number of aromatic nitrogens is 3. The number of nitrogens with zero attached hydrogens (tertiary/aromatic N) is 3. The molecular formula is C47H34N3O2P. The smallest absolute Gasteiger partial charge is 0.178 e. The monoisotopic (exact) mass is 703 g/mol. The first-order valence-corrected chi connectivity index (χ1v) is 19.3. The van der Waals surface area contributed by atoms with Gasteiger partial charge in [-0.3, -0.25) is 0 Å². The van der Waals surface area contributed by atoms with Gasteiger partial charge in [-0.15, -0.1) is 0 Å². The van der Waals surface area contributed by atoms with Gasteiger partial charge in [0.25, 0.3) is 0 Å². The first kappa shape index (κ1) is 32.5. The maximum atomic E-state index is 15.2. The fraction of sp³-hybridized carbons (Fsp3) is 0.0426. The topological polar surface area (TPSA) is 65.0 Å². The maximum absolute atomic E-state index is 15.2. The number of rotatable bonds is 6. The number of ether oxygens (including phenoxy) is 1. The Kier molecular flexibility index (Phi) is 8.14. The number of aryl methyl sites for hydroxylation is 2. The lowest BCUT2D eigenvalue weighted by molar-refractivity contribution is 0.485. The molecule has 1 aliphatic heterocycles. The molecule has 254 valence electrons. The van der Waals surface area contributed by atoms with Crippen LogP contribution in [0.3, 0.4) is 0 Å². The molecule has 0 aliphatic carbocycles. The van der Waals surface area contributed by atoms with Crippen LogP contribution in [0.4, 0.5) is 0 Å². The molecule has 0 saturated heterocycles. The summed E-state index contributed by atoms with van der Waals surface area (Å²) in [5, 5.41) is 2.24. The van der Waals surface area contributed by atoms with Crippen LogP contribution in [0, 0.1) is 13.8 Å². The van der Waals surface area contributed by atoms with Gasteiger partial charge in [0.2, 0.25) is 0 Å². The zero-order valence-corrected chi connectivity index (χ0v) is 30.2. The Labute approximate surface area is 309 Å². The molecule has 1 atom stereocenters. The van der Waals surface area contributed by atoms with Gasteiger partial charge in [-0.05, 0) is 77.6 Å². The quantitative estimate of drug-likeness (QED) is 0.161. The SMILES string of the molecule is Cc1cc(-c2ccc3c(c2)P(=O)(c2ccccc2)c2ccccc2O3)ccc1-c1ccc(-c2nc(-c3ccccc3)nc(-c3ccccc3)n2)cc1C. The van der Waals surface area contributed by atoms with Crippen LogP contribution in [-0.2, 0) is 4.57 Å². The lowest BCUT2D eigenvalue weighted by Gasteiger charge is -2.29. The molecule has 0 radical (unpaired) electrons. The van der Waals surface area contributed by atoms with Crippen molar-refractivity contribution in [2.24, 2.45) is 0 Å². The molecule has 8 aromatic rings. The first-order chi connectivity index (χ1) is 26.0. The molecule has 0 bridgehead atoms. The summed E-state index contributed by atoms with van der Waals surface area (Å²) in [6, 6.07) is 56.5. The third kappa shape index (κ3) is 5.86. The van der Waals surface area contributed by atoms with E-state index in [1.807, 2.05) is 121 Å². The minimum atomic E-state index is -3.18. The molecule has 2 heterocycles. The van der Waals surface area contributed by atoms with Crippen LogP contribution in [0.15, 0.2) is 170 Å². The highest BCUT2D eigenvalue weighted by Gasteiger charge is 2.39. The van der Waals surface area contributed by atoms with Crippen molar-refractivity contribution in [3.63, 3.8) is 0 Å². The Hall–Kier alpha value is -6.42. The Morgan fingerprint density at radius 2 is 0.868 bits per heavy atom. The minimum Gasteiger partial charge on any atom is -0.456 e. The summed E-state index contributed by atoms with van der Waals surface area (Å²) in [6.07, 6.45) is 0. The summed E-state index contributed by atoms with van der Waals surface area (Å²) in [6.45, 7) is 4.27. The largest absolute Gasteiger partial charge is 0.456 e. The number of benzene rings is 7. The number of hydrogen-bond donors (Lipinski definition) is 0. The fourth-order valence-corrected chi connectivity index (χ4v) is 10.1. The molecule has 1 aliphatic rings. The van der Waals surface area contributed by atoms with Gasteiger partial charge in [-0.2, -0.15) is 0 Å². The van der Waals surface area contributed by atoms with E-state index in [-0.39, 0.29) is 0 Å². The molecule has 9 rings (SSSR count). The first-order valence-electron chi connectivity index (χ1n) is 17.6. The number of para-hydroxylation sites is 1. The Morgan fingerprint density at radius 1 is 0.415 bits per heavy atom. The van der Waals surface area contributed by atoms with Gasteiger partial charge in [-0.1, -0.05) is 140 Å². The van der Waals surface area contributed by atoms with E-state index in [4.69, 9.17) is 19.7 Å². The van der Waals surface area contributed by atoms with Gasteiger partial charge in [0.05, 0.1) is 10.6 Å². The summed E-state index contributed by atoms with van der Waals surface area (Å²) >= 11 is 0. The predicted octanol–water partition coefficient (Wildman–Crippen LogP) is 10.6. The standard InChI is InChI=1S/C47H34N3O2P/c1-31-28-35(36-24-27-42-44(30-36)53(51,38-18-10-5-11-19-38)43-21-13-12-20-41(43)52-42)22-25-39(31)40-26-23-37(29-32(40)2)47-49-45(33-14-6-3-7-15-33)48-46(50-47)34-16-8-4-9-17-34/h3-30H,1-2H3. The van der Waals surface area contributed by atoms with Gasteiger partial charge in [0.1, 0.15) is 11.5 Å². The molecule has 53 heavy (non-hydrogen) atoms. The van der Waals surface area contributed by atoms with E-state index in [9.17, 15) is 0 Å². The summed E-state index contributed by atoms with van der Waals surface area (Å²) in [5.74, 6) is 3.19. The number of fused-ring (bicyclic) bond motifs is 2. The van der Waals surface area contributed by atoms with Crippen LogP contribution in [0.5, 0.6) is 11.5 Å². The predicted molar refractivity (Wildman–Crippen MR) is 216 cm³/mol. The van der Waals surface area contributed by atoms with Crippen LogP contribution in [0.25, 0.3) is 56.4 Å². The van der Waals surface area contributed by atoms with E-state index in [1.54, 1.807) is 0 Å². The van der Waals surface area contributed by atoms with Gasteiger partial charge in [-0.25, -0.2) is 15.0 Å².